The molecule has 0 amide bonds. The molecule has 0 aromatic heterocycles. The average Bonchev–Trinajstić information content (AvgIpc) is 3.21. The summed E-state index contributed by atoms with van der Waals surface area (Å²) in [7, 11) is 0. The Morgan fingerprint density at radius 3 is 0.695 bits per heavy atom. The summed E-state index contributed by atoms with van der Waals surface area (Å²) >= 11 is 0. The quantitative estimate of drug-likeness (QED) is 0.0772. The normalized spacial score (nSPS) is 38.3. The van der Waals surface area contributed by atoms with Crippen LogP contribution in [0.4, 0.5) is 0 Å². The van der Waals surface area contributed by atoms with Crippen LogP contribution in [0.3, 0.4) is 0 Å². The zero-order valence-electron chi connectivity index (χ0n) is 38.4. The molecule has 4 fully saturated rings. The van der Waals surface area contributed by atoms with E-state index in [-0.39, 0.29) is 24.2 Å². The summed E-state index contributed by atoms with van der Waals surface area (Å²) in [6.45, 7) is 36.8. The van der Waals surface area contributed by atoms with E-state index in [1.807, 2.05) is 0 Å². The molecule has 0 heterocycles. The van der Waals surface area contributed by atoms with Gasteiger partial charge >= 0.3 is 0 Å². The van der Waals surface area contributed by atoms with Crippen LogP contribution in [0.2, 0.25) is 0 Å². The maximum absolute atomic E-state index is 6.72. The van der Waals surface area contributed by atoms with Gasteiger partial charge in [0.25, 0.3) is 0 Å². The minimum absolute atomic E-state index is 0.279. The van der Waals surface area contributed by atoms with Crippen molar-refractivity contribution >= 4 is 0 Å². The van der Waals surface area contributed by atoms with E-state index in [4.69, 9.17) is 22.9 Å². The highest BCUT2D eigenvalue weighted by Crippen LogP contribution is 2.50. The average molecular weight is 811 g/mol. The van der Waals surface area contributed by atoms with Gasteiger partial charge in [0.05, 0.1) is 0 Å². The van der Waals surface area contributed by atoms with Crippen LogP contribution in [-0.2, 0) is 0 Å². The second-order valence-corrected chi connectivity index (χ2v) is 20.0. The fraction of sp³-hybridized carbons (Fsp3) is 0.709. The third kappa shape index (κ3) is 14.1. The lowest BCUT2D eigenvalue weighted by molar-refractivity contribution is 0.0414. The van der Waals surface area contributed by atoms with E-state index in [1.165, 1.54) is 70.6 Å². The fourth-order valence-corrected chi connectivity index (χ4v) is 13.7. The number of rotatable bonds is 23. The molecule has 8 atom stereocenters. The molecular weight excluding hydrogens is 717 g/mol. The van der Waals surface area contributed by atoms with Crippen LogP contribution in [0.1, 0.15) is 136 Å². The van der Waals surface area contributed by atoms with Crippen LogP contribution in [-0.4, -0.2) is 24.2 Å². The van der Waals surface area contributed by atoms with Crippen molar-refractivity contribution in [3.05, 3.63) is 101 Å². The Hall–Kier alpha value is -2.24. The van der Waals surface area contributed by atoms with Gasteiger partial charge in [0.15, 0.2) is 0 Å². The van der Waals surface area contributed by atoms with Crippen molar-refractivity contribution in [2.75, 3.05) is 0 Å². The zero-order chi connectivity index (χ0) is 43.5. The van der Waals surface area contributed by atoms with E-state index in [0.717, 1.165) is 86.9 Å². The number of nitrogens with two attached hydrogens (primary N) is 4. The van der Waals surface area contributed by atoms with E-state index >= 15 is 0 Å². The van der Waals surface area contributed by atoms with Crippen molar-refractivity contribution in [3.63, 3.8) is 0 Å². The van der Waals surface area contributed by atoms with Crippen molar-refractivity contribution in [1.82, 2.24) is 0 Å². The molecule has 0 spiro atoms. The first-order valence-corrected chi connectivity index (χ1v) is 24.4. The van der Waals surface area contributed by atoms with E-state index in [9.17, 15) is 0 Å². The second-order valence-electron chi connectivity index (χ2n) is 20.0. The molecular formula is C55H94N4. The summed E-state index contributed by atoms with van der Waals surface area (Å²) < 4.78 is 0. The summed E-state index contributed by atoms with van der Waals surface area (Å²) in [4.78, 5) is 0. The molecule has 4 saturated carbocycles. The van der Waals surface area contributed by atoms with E-state index in [2.05, 4.69) is 115 Å². The van der Waals surface area contributed by atoms with E-state index in [1.54, 1.807) is 0 Å². The Bertz CT molecular complexity index is 1110. The Labute approximate surface area is 365 Å². The van der Waals surface area contributed by atoms with Crippen LogP contribution in [0.5, 0.6) is 0 Å². The lowest BCUT2D eigenvalue weighted by Gasteiger charge is -2.48. The molecule has 0 aromatic carbocycles. The number of allylic oxidation sites excluding steroid dienone is 8. The highest BCUT2D eigenvalue weighted by Gasteiger charge is 2.45. The molecule has 4 rings (SSSR count). The Morgan fingerprint density at radius 2 is 0.542 bits per heavy atom. The molecule has 4 aliphatic carbocycles. The highest BCUT2D eigenvalue weighted by molar-refractivity contribution is 5.02. The molecule has 4 nitrogen and oxygen atoms in total. The smallest absolute Gasteiger partial charge is 0.0102 e. The van der Waals surface area contributed by atoms with Gasteiger partial charge in [-0.05, 0) is 186 Å². The topological polar surface area (TPSA) is 104 Å². The van der Waals surface area contributed by atoms with Crippen LogP contribution in [0.15, 0.2) is 101 Å². The van der Waals surface area contributed by atoms with Gasteiger partial charge in [-0.25, -0.2) is 0 Å². The Morgan fingerprint density at radius 1 is 0.356 bits per heavy atom. The van der Waals surface area contributed by atoms with Crippen LogP contribution in [0, 0.1) is 82.9 Å². The summed E-state index contributed by atoms with van der Waals surface area (Å²) in [5, 5.41) is 0. The molecule has 0 aromatic rings. The van der Waals surface area contributed by atoms with Gasteiger partial charge in [0.1, 0.15) is 0 Å². The molecule has 4 aliphatic rings. The maximum atomic E-state index is 6.72. The van der Waals surface area contributed by atoms with Gasteiger partial charge in [-0.15, -0.1) is 52.6 Å². The maximum Gasteiger partial charge on any atom is 0.0102 e. The summed E-state index contributed by atoms with van der Waals surface area (Å²) in [5.74, 6) is 9.03. The molecule has 4 heteroatoms. The molecule has 0 bridgehead atoms. The van der Waals surface area contributed by atoms with Crippen LogP contribution in [0.25, 0.3) is 0 Å². The fourth-order valence-electron chi connectivity index (χ4n) is 13.7. The third-order valence-corrected chi connectivity index (χ3v) is 16.5. The minimum atomic E-state index is 0.279. The van der Waals surface area contributed by atoms with Gasteiger partial charge in [0, 0.05) is 24.2 Å². The van der Waals surface area contributed by atoms with E-state index in [0.29, 0.717) is 47.3 Å². The lowest BCUT2D eigenvalue weighted by Crippen LogP contribution is -2.48. The van der Waals surface area contributed by atoms with Gasteiger partial charge in [-0.1, -0.05) is 81.7 Å². The van der Waals surface area contributed by atoms with Crippen molar-refractivity contribution in [2.45, 2.75) is 160 Å². The molecule has 334 valence electrons. The van der Waals surface area contributed by atoms with Crippen molar-refractivity contribution < 1.29 is 0 Å². The van der Waals surface area contributed by atoms with Gasteiger partial charge in [-0.3, -0.25) is 0 Å². The standard InChI is InChI=1S/C28H48N2.C27H46N2/c1-6-11-20-16-24(17-21(12-7-2)27(20)29)26(15-10-5)25-18-22(13-8-3)28(30)23(19-25)14-9-4;1-6-11-19-15-23(16-20(12-7-2)26(19)28)25(10-5)24-17-21(13-8-3)27(29)22(18-24)14-9-4/h6-9,20-28H,1-4,10-19,29-30H2,5H3;6-9,19-27H,1-4,10-18,28-29H2,5H3. The zero-order valence-corrected chi connectivity index (χ0v) is 38.4. The summed E-state index contributed by atoms with van der Waals surface area (Å²) in [5.41, 5.74) is 26.8. The Balaban J connectivity index is 0.000000316. The first-order valence-electron chi connectivity index (χ1n) is 24.4. The van der Waals surface area contributed by atoms with Crippen LogP contribution < -0.4 is 22.9 Å². The third-order valence-electron chi connectivity index (χ3n) is 16.5. The van der Waals surface area contributed by atoms with E-state index < -0.39 is 0 Å². The number of hydrogen-bond acceptors (Lipinski definition) is 4. The van der Waals surface area contributed by atoms with Crippen molar-refractivity contribution in [3.8, 4) is 0 Å². The molecule has 8 N–H and O–H groups in total. The van der Waals surface area contributed by atoms with Gasteiger partial charge in [-0.2, -0.15) is 0 Å². The molecule has 0 radical (unpaired) electrons. The monoisotopic (exact) mass is 811 g/mol. The SMILES string of the molecule is C=CCC1CC(C(CC)C2CC(CC=C)C(N)C(CC=C)C2)CC(CC=C)C1N.C=CCC1CC(C(CCC)C2CC(CC=C)C(N)C(CC=C)C2)CC(CC=C)C1N. The van der Waals surface area contributed by atoms with Gasteiger partial charge in [0.2, 0.25) is 0 Å². The minimum Gasteiger partial charge on any atom is -0.327 e. The molecule has 0 saturated heterocycles. The largest absolute Gasteiger partial charge is 0.327 e. The summed E-state index contributed by atoms with van der Waals surface area (Å²) in [6.07, 6.45) is 38.7. The Kier molecular flexibility index (Phi) is 23.4. The molecule has 8 unspecified atom stereocenters. The summed E-state index contributed by atoms with van der Waals surface area (Å²) in [6, 6.07) is 1.12. The molecule has 0 aliphatic heterocycles. The van der Waals surface area contributed by atoms with Crippen LogP contribution >= 0.6 is 0 Å². The lowest BCUT2D eigenvalue weighted by atomic mass is 9.58. The molecule has 59 heavy (non-hydrogen) atoms. The predicted molar refractivity (Wildman–Crippen MR) is 261 cm³/mol. The number of hydrogen-bond donors (Lipinski definition) is 4. The predicted octanol–water partition coefficient (Wildman–Crippen LogP) is 12.9. The second kappa shape index (κ2) is 27.0. The van der Waals surface area contributed by atoms with Gasteiger partial charge < -0.3 is 22.9 Å². The first kappa shape index (κ1) is 51.1. The van der Waals surface area contributed by atoms with Crippen molar-refractivity contribution in [1.29, 1.82) is 0 Å². The van der Waals surface area contributed by atoms with Crippen molar-refractivity contribution in [2.24, 2.45) is 106 Å². The highest BCUT2D eigenvalue weighted by atomic mass is 14.7. The first-order chi connectivity index (χ1) is 28.5.